The van der Waals surface area contributed by atoms with Gasteiger partial charge in [-0.2, -0.15) is 0 Å². The molecule has 2 heterocycles. The van der Waals surface area contributed by atoms with Gasteiger partial charge in [-0.15, -0.1) is 5.10 Å². The van der Waals surface area contributed by atoms with Crippen LogP contribution in [0.3, 0.4) is 0 Å². The van der Waals surface area contributed by atoms with E-state index < -0.39 is 0 Å². The van der Waals surface area contributed by atoms with Gasteiger partial charge in [0.25, 0.3) is 5.91 Å². The maximum absolute atomic E-state index is 13.2. The molecule has 0 unspecified atom stereocenters. The fourth-order valence-corrected chi connectivity index (χ4v) is 3.10. The van der Waals surface area contributed by atoms with Crippen molar-refractivity contribution in [1.82, 2.24) is 20.3 Å². The topological polar surface area (TPSA) is 81.1 Å². The second kappa shape index (κ2) is 8.18. The van der Waals surface area contributed by atoms with Crippen molar-refractivity contribution in [1.29, 1.82) is 0 Å². The Bertz CT molecular complexity index is 951. The molecule has 2 aromatic carbocycles. The molecule has 0 radical (unpaired) electrons. The molecule has 0 aliphatic carbocycles. The molecule has 1 amide bonds. The molecule has 4 rings (SSSR count). The fraction of sp³-hybridized carbons (Fsp3) is 0.250. The minimum atomic E-state index is -0.362. The zero-order valence-corrected chi connectivity index (χ0v) is 15.1. The third-order valence-electron chi connectivity index (χ3n) is 4.57. The highest BCUT2D eigenvalue weighted by Gasteiger charge is 2.18. The highest BCUT2D eigenvalue weighted by Crippen LogP contribution is 2.24. The largest absolute Gasteiger partial charge is 0.457 e. The van der Waals surface area contributed by atoms with Gasteiger partial charge in [0.1, 0.15) is 17.3 Å². The van der Waals surface area contributed by atoms with E-state index in [4.69, 9.17) is 4.74 Å². The number of carbonyl (C=O) groups is 1. The minimum absolute atomic E-state index is 0.273. The van der Waals surface area contributed by atoms with E-state index in [0.717, 1.165) is 25.9 Å². The SMILES string of the molecule is O=C(Nc1ccc(Oc2cccc(F)c2)cc1)c1cn(C2CCNCC2)nn1. The molecule has 1 fully saturated rings. The Morgan fingerprint density at radius 3 is 2.68 bits per heavy atom. The van der Waals surface area contributed by atoms with E-state index in [1.165, 1.54) is 12.1 Å². The van der Waals surface area contributed by atoms with Gasteiger partial charge >= 0.3 is 0 Å². The number of amides is 1. The van der Waals surface area contributed by atoms with E-state index in [0.29, 0.717) is 17.2 Å². The van der Waals surface area contributed by atoms with Gasteiger partial charge in [-0.1, -0.05) is 11.3 Å². The summed E-state index contributed by atoms with van der Waals surface area (Å²) in [5.41, 5.74) is 0.881. The number of nitrogens with zero attached hydrogens (tertiary/aromatic N) is 3. The number of halogens is 1. The van der Waals surface area contributed by atoms with Gasteiger partial charge in [0.05, 0.1) is 12.2 Å². The summed E-state index contributed by atoms with van der Waals surface area (Å²) < 4.78 is 20.6. The lowest BCUT2D eigenvalue weighted by Gasteiger charge is -2.22. The molecule has 7 nitrogen and oxygen atoms in total. The molecule has 1 aromatic heterocycles. The van der Waals surface area contributed by atoms with Crippen LogP contribution < -0.4 is 15.4 Å². The first kappa shape index (κ1) is 18.1. The maximum atomic E-state index is 13.2. The second-order valence-corrected chi connectivity index (χ2v) is 6.60. The van der Waals surface area contributed by atoms with E-state index in [1.54, 1.807) is 47.3 Å². The lowest BCUT2D eigenvalue weighted by molar-refractivity contribution is 0.102. The second-order valence-electron chi connectivity index (χ2n) is 6.60. The van der Waals surface area contributed by atoms with Gasteiger partial charge in [0, 0.05) is 11.8 Å². The van der Waals surface area contributed by atoms with Crippen LogP contribution in [-0.2, 0) is 0 Å². The molecule has 8 heteroatoms. The number of rotatable bonds is 5. The number of nitrogens with one attached hydrogen (secondary N) is 2. The first-order valence-electron chi connectivity index (χ1n) is 9.15. The summed E-state index contributed by atoms with van der Waals surface area (Å²) in [6.45, 7) is 1.88. The molecule has 28 heavy (non-hydrogen) atoms. The predicted molar refractivity (Wildman–Crippen MR) is 102 cm³/mol. The zero-order valence-electron chi connectivity index (χ0n) is 15.1. The predicted octanol–water partition coefficient (Wildman–Crippen LogP) is 3.39. The summed E-state index contributed by atoms with van der Waals surface area (Å²) in [6.07, 6.45) is 3.63. The monoisotopic (exact) mass is 381 g/mol. The number of aromatic nitrogens is 3. The van der Waals surface area contributed by atoms with Crippen LogP contribution in [-0.4, -0.2) is 34.0 Å². The van der Waals surface area contributed by atoms with E-state index in [9.17, 15) is 9.18 Å². The number of hydrogen-bond donors (Lipinski definition) is 2. The van der Waals surface area contributed by atoms with Crippen LogP contribution in [0.15, 0.2) is 54.7 Å². The van der Waals surface area contributed by atoms with Gasteiger partial charge in [0.15, 0.2) is 5.69 Å². The number of piperidine rings is 1. The van der Waals surface area contributed by atoms with Crippen molar-refractivity contribution in [2.75, 3.05) is 18.4 Å². The third-order valence-corrected chi connectivity index (χ3v) is 4.57. The van der Waals surface area contributed by atoms with E-state index >= 15 is 0 Å². The average Bonchev–Trinajstić information content (AvgIpc) is 3.21. The summed E-state index contributed by atoms with van der Waals surface area (Å²) in [4.78, 5) is 12.4. The number of ether oxygens (including phenoxy) is 1. The highest BCUT2D eigenvalue weighted by atomic mass is 19.1. The lowest BCUT2D eigenvalue weighted by Crippen LogP contribution is -2.29. The number of anilines is 1. The molecule has 3 aromatic rings. The Kier molecular flexibility index (Phi) is 5.29. The molecule has 1 aliphatic rings. The van der Waals surface area contributed by atoms with Gasteiger partial charge in [-0.05, 0) is 62.3 Å². The summed E-state index contributed by atoms with van der Waals surface area (Å²) in [5, 5.41) is 14.2. The van der Waals surface area contributed by atoms with Gasteiger partial charge in [0.2, 0.25) is 0 Å². The average molecular weight is 381 g/mol. The molecular formula is C20H20FN5O2. The number of carbonyl (C=O) groups excluding carboxylic acids is 1. The fourth-order valence-electron chi connectivity index (χ4n) is 3.10. The van der Waals surface area contributed by atoms with Crippen LogP contribution in [0.4, 0.5) is 10.1 Å². The molecule has 0 atom stereocenters. The van der Waals surface area contributed by atoms with Crippen molar-refractivity contribution < 1.29 is 13.9 Å². The molecule has 0 bridgehead atoms. The smallest absolute Gasteiger partial charge is 0.277 e. The van der Waals surface area contributed by atoms with E-state index in [2.05, 4.69) is 20.9 Å². The molecule has 2 N–H and O–H groups in total. The molecule has 0 saturated carbocycles. The van der Waals surface area contributed by atoms with Crippen LogP contribution in [0.1, 0.15) is 29.4 Å². The van der Waals surface area contributed by atoms with Crippen LogP contribution in [0, 0.1) is 5.82 Å². The molecule has 144 valence electrons. The number of benzene rings is 2. The van der Waals surface area contributed by atoms with Crippen molar-refractivity contribution in [3.63, 3.8) is 0 Å². The molecule has 1 aliphatic heterocycles. The normalized spacial score (nSPS) is 14.6. The third kappa shape index (κ3) is 4.34. The Labute approximate surface area is 161 Å². The van der Waals surface area contributed by atoms with Crippen molar-refractivity contribution >= 4 is 11.6 Å². The van der Waals surface area contributed by atoms with Crippen LogP contribution in [0.25, 0.3) is 0 Å². The van der Waals surface area contributed by atoms with Crippen LogP contribution in [0.5, 0.6) is 11.5 Å². The molecule has 0 spiro atoms. The highest BCUT2D eigenvalue weighted by molar-refractivity contribution is 6.02. The van der Waals surface area contributed by atoms with Crippen molar-refractivity contribution in [3.8, 4) is 11.5 Å². The maximum Gasteiger partial charge on any atom is 0.277 e. The van der Waals surface area contributed by atoms with E-state index in [1.807, 2.05) is 0 Å². The molecule has 1 saturated heterocycles. The first-order valence-corrected chi connectivity index (χ1v) is 9.15. The quantitative estimate of drug-likeness (QED) is 0.708. The van der Waals surface area contributed by atoms with Gasteiger partial charge in [-0.3, -0.25) is 4.79 Å². The minimum Gasteiger partial charge on any atom is -0.457 e. The van der Waals surface area contributed by atoms with Gasteiger partial charge in [-0.25, -0.2) is 9.07 Å². The Balaban J connectivity index is 1.37. The summed E-state index contributed by atoms with van der Waals surface area (Å²) in [5.74, 6) is 0.268. The summed E-state index contributed by atoms with van der Waals surface area (Å²) in [6, 6.07) is 13.0. The van der Waals surface area contributed by atoms with Gasteiger partial charge < -0.3 is 15.4 Å². The standard InChI is InChI=1S/C20H20FN5O2/c21-14-2-1-3-18(12-14)28-17-6-4-15(5-7-17)23-20(27)19-13-26(25-24-19)16-8-10-22-11-9-16/h1-7,12-13,16,22H,8-11H2,(H,23,27). The first-order chi connectivity index (χ1) is 13.7. The van der Waals surface area contributed by atoms with Crippen molar-refractivity contribution in [2.24, 2.45) is 0 Å². The Morgan fingerprint density at radius 2 is 1.93 bits per heavy atom. The van der Waals surface area contributed by atoms with Crippen LogP contribution >= 0.6 is 0 Å². The summed E-state index contributed by atoms with van der Waals surface area (Å²) >= 11 is 0. The van der Waals surface area contributed by atoms with Crippen LogP contribution in [0.2, 0.25) is 0 Å². The Morgan fingerprint density at radius 1 is 1.14 bits per heavy atom. The summed E-state index contributed by atoms with van der Waals surface area (Å²) in [7, 11) is 0. The van der Waals surface area contributed by atoms with E-state index in [-0.39, 0.29) is 23.5 Å². The lowest BCUT2D eigenvalue weighted by atomic mass is 10.1. The Hall–Kier alpha value is -3.26. The van der Waals surface area contributed by atoms with Crippen molar-refractivity contribution in [3.05, 3.63) is 66.2 Å². The number of hydrogen-bond acceptors (Lipinski definition) is 5. The van der Waals surface area contributed by atoms with Crippen molar-refractivity contribution in [2.45, 2.75) is 18.9 Å². The molecular weight excluding hydrogens is 361 g/mol. The zero-order chi connectivity index (χ0) is 19.3.